The summed E-state index contributed by atoms with van der Waals surface area (Å²) in [5.41, 5.74) is 2.90. The van der Waals surface area contributed by atoms with Gasteiger partial charge in [0.2, 0.25) is 11.8 Å². The fourth-order valence-corrected chi connectivity index (χ4v) is 4.57. The van der Waals surface area contributed by atoms with Gasteiger partial charge in [0.25, 0.3) is 0 Å². The Hall–Kier alpha value is -5.55. The van der Waals surface area contributed by atoms with Crippen molar-refractivity contribution in [1.82, 2.24) is 20.3 Å². The first-order valence-corrected chi connectivity index (χ1v) is 16.8. The summed E-state index contributed by atoms with van der Waals surface area (Å²) in [6.45, 7) is 5.06. The maximum absolute atomic E-state index is 13.3. The molecule has 2 N–H and O–H groups in total. The standard InChI is InChI=1S/C38H43N5O8/c1-2-18-47-20-22-49-24-26-51-27-25-50-23-21-48-19-17-36(44)40-35(38(46)39-32-11-7-4-8-12-32)28-33-29-43(42-41-33)34-15-13-31(14-16-34)37(45)30-9-5-3-6-10-30/h3-16,29,35H,2,17-24,26,28H2,1H3,(H,39,46)(H,40,44)/t35-/m0/s1. The maximum Gasteiger partial charge on any atom is 0.247 e. The molecule has 268 valence electrons. The number of nitrogens with zero attached hydrogens (tertiary/aromatic N) is 3. The Morgan fingerprint density at radius 2 is 1.31 bits per heavy atom. The van der Waals surface area contributed by atoms with E-state index >= 15 is 0 Å². The number of amides is 2. The number of carbonyl (C=O) groups excluding carboxylic acids is 3. The third-order valence-corrected chi connectivity index (χ3v) is 7.12. The van der Waals surface area contributed by atoms with E-state index in [0.29, 0.717) is 54.6 Å². The lowest BCUT2D eigenvalue weighted by Gasteiger charge is -2.17. The van der Waals surface area contributed by atoms with Gasteiger partial charge < -0.3 is 34.3 Å². The van der Waals surface area contributed by atoms with E-state index in [-0.39, 0.29) is 44.4 Å². The molecule has 0 bridgehead atoms. The highest BCUT2D eigenvalue weighted by Gasteiger charge is 2.23. The Morgan fingerprint density at radius 1 is 0.725 bits per heavy atom. The van der Waals surface area contributed by atoms with E-state index < -0.39 is 11.9 Å². The first-order chi connectivity index (χ1) is 25.0. The largest absolute Gasteiger partial charge is 0.442 e. The second-order valence-corrected chi connectivity index (χ2v) is 11.1. The van der Waals surface area contributed by atoms with Gasteiger partial charge in [0.05, 0.1) is 50.6 Å². The van der Waals surface area contributed by atoms with Crippen molar-refractivity contribution in [3.8, 4) is 17.9 Å². The monoisotopic (exact) mass is 697 g/mol. The van der Waals surface area contributed by atoms with E-state index in [0.717, 1.165) is 13.0 Å². The molecular formula is C38H43N5O8. The minimum Gasteiger partial charge on any atom is -0.442 e. The van der Waals surface area contributed by atoms with Crippen molar-refractivity contribution >= 4 is 23.3 Å². The zero-order valence-corrected chi connectivity index (χ0v) is 28.6. The number of benzene rings is 3. The Kier molecular flexibility index (Phi) is 16.7. The summed E-state index contributed by atoms with van der Waals surface area (Å²) >= 11 is 0. The Balaban J connectivity index is 1.21. The van der Waals surface area contributed by atoms with E-state index in [4.69, 9.17) is 23.7 Å². The molecule has 51 heavy (non-hydrogen) atoms. The second kappa shape index (κ2) is 22.2. The van der Waals surface area contributed by atoms with Crippen molar-refractivity contribution in [1.29, 1.82) is 0 Å². The van der Waals surface area contributed by atoms with Crippen molar-refractivity contribution in [2.45, 2.75) is 32.2 Å². The molecule has 0 aliphatic heterocycles. The number of hydrogen-bond acceptors (Lipinski definition) is 10. The zero-order chi connectivity index (χ0) is 35.9. The zero-order valence-electron chi connectivity index (χ0n) is 28.6. The fourth-order valence-electron chi connectivity index (χ4n) is 4.57. The number of hydrogen-bond donors (Lipinski definition) is 2. The average Bonchev–Trinajstić information content (AvgIpc) is 3.63. The number of aromatic nitrogens is 3. The number of para-hydroxylation sites is 1. The van der Waals surface area contributed by atoms with E-state index in [2.05, 4.69) is 33.2 Å². The first kappa shape index (κ1) is 38.3. The lowest BCUT2D eigenvalue weighted by atomic mass is 10.0. The second-order valence-electron chi connectivity index (χ2n) is 11.1. The van der Waals surface area contributed by atoms with Crippen LogP contribution < -0.4 is 10.6 Å². The van der Waals surface area contributed by atoms with Crippen LogP contribution in [0.5, 0.6) is 0 Å². The van der Waals surface area contributed by atoms with Crippen molar-refractivity contribution in [2.75, 3.05) is 58.2 Å². The number of carbonyl (C=O) groups is 3. The van der Waals surface area contributed by atoms with Crippen molar-refractivity contribution in [3.63, 3.8) is 0 Å². The van der Waals surface area contributed by atoms with Crippen LogP contribution in [-0.2, 0) is 39.7 Å². The molecule has 13 nitrogen and oxygen atoms in total. The molecule has 0 fully saturated rings. The molecular weight excluding hydrogens is 654 g/mol. The number of rotatable bonds is 22. The van der Waals surface area contributed by atoms with Gasteiger partial charge >= 0.3 is 0 Å². The number of anilines is 1. The number of nitrogens with one attached hydrogen (secondary N) is 2. The molecule has 4 rings (SSSR count). The first-order valence-electron chi connectivity index (χ1n) is 16.8. The van der Waals surface area contributed by atoms with Crippen LogP contribution in [0.1, 0.15) is 41.4 Å². The van der Waals surface area contributed by atoms with Crippen molar-refractivity contribution in [3.05, 3.63) is 108 Å². The molecule has 0 aliphatic rings. The predicted octanol–water partition coefficient (Wildman–Crippen LogP) is 3.97. The summed E-state index contributed by atoms with van der Waals surface area (Å²) in [6.07, 6.45) is 7.63. The predicted molar refractivity (Wildman–Crippen MR) is 189 cm³/mol. The molecule has 0 radical (unpaired) electrons. The average molecular weight is 698 g/mol. The van der Waals surface area contributed by atoms with Crippen LogP contribution in [-0.4, -0.2) is 91.5 Å². The van der Waals surface area contributed by atoms with Crippen LogP contribution in [0.4, 0.5) is 5.69 Å². The molecule has 3 aromatic carbocycles. The molecule has 1 aromatic heterocycles. The van der Waals surface area contributed by atoms with Crippen LogP contribution in [0.25, 0.3) is 5.69 Å². The summed E-state index contributed by atoms with van der Waals surface area (Å²) in [7, 11) is 0. The number of ketones is 1. The minimum atomic E-state index is -0.938. The van der Waals surface area contributed by atoms with Gasteiger partial charge in [-0.2, -0.15) is 0 Å². The highest BCUT2D eigenvalue weighted by Crippen LogP contribution is 2.14. The third kappa shape index (κ3) is 14.1. The third-order valence-electron chi connectivity index (χ3n) is 7.12. The lowest BCUT2D eigenvalue weighted by molar-refractivity contribution is -0.127. The molecule has 13 heteroatoms. The smallest absolute Gasteiger partial charge is 0.247 e. The summed E-state index contributed by atoms with van der Waals surface area (Å²) in [5, 5.41) is 14.1. The normalized spacial score (nSPS) is 11.2. The van der Waals surface area contributed by atoms with Crippen LogP contribution in [0.15, 0.2) is 91.1 Å². The summed E-state index contributed by atoms with van der Waals surface area (Å²) in [6, 6.07) is 24.0. The Bertz CT molecular complexity index is 1690. The highest BCUT2D eigenvalue weighted by atomic mass is 16.5. The SMILES string of the molecule is CCCOCCOCCOC#COCCOCCC(=O)N[C@@H](Cc1cn(-c2ccc(C(=O)c3ccccc3)cc2)nn1)C(=O)Nc1ccccc1. The van der Waals surface area contributed by atoms with Gasteiger partial charge in [-0.1, -0.05) is 60.7 Å². The molecule has 0 spiro atoms. The van der Waals surface area contributed by atoms with Gasteiger partial charge in [-0.05, 0) is 42.8 Å². The topological polar surface area (TPSA) is 152 Å². The van der Waals surface area contributed by atoms with Gasteiger partial charge in [0, 0.05) is 36.3 Å². The highest BCUT2D eigenvalue weighted by molar-refractivity contribution is 6.09. The van der Waals surface area contributed by atoms with Crippen LogP contribution >= 0.6 is 0 Å². The fraction of sp³-hybridized carbons (Fsp3) is 0.342. The van der Waals surface area contributed by atoms with E-state index in [1.165, 1.54) is 0 Å². The van der Waals surface area contributed by atoms with E-state index in [1.54, 1.807) is 71.5 Å². The summed E-state index contributed by atoms with van der Waals surface area (Å²) in [5.74, 6) is -0.862. The molecule has 1 atom stereocenters. The number of ether oxygens (including phenoxy) is 5. The Labute approximate surface area is 297 Å². The van der Waals surface area contributed by atoms with E-state index in [9.17, 15) is 14.4 Å². The van der Waals surface area contributed by atoms with Gasteiger partial charge in [0.15, 0.2) is 18.0 Å². The molecule has 1 heterocycles. The molecule has 0 saturated heterocycles. The van der Waals surface area contributed by atoms with E-state index in [1.807, 2.05) is 31.2 Å². The van der Waals surface area contributed by atoms with Gasteiger partial charge in [-0.25, -0.2) is 4.68 Å². The van der Waals surface area contributed by atoms with Gasteiger partial charge in [0.1, 0.15) is 19.3 Å². The molecule has 0 aliphatic carbocycles. The molecule has 0 unspecified atom stereocenters. The minimum absolute atomic E-state index is 0.0220. The summed E-state index contributed by atoms with van der Waals surface area (Å²) in [4.78, 5) is 38.9. The molecule has 2 amide bonds. The van der Waals surface area contributed by atoms with Crippen molar-refractivity contribution < 1.29 is 38.1 Å². The molecule has 4 aromatic rings. The van der Waals surface area contributed by atoms with Crippen LogP contribution in [0.2, 0.25) is 0 Å². The Morgan fingerprint density at radius 3 is 1.98 bits per heavy atom. The molecule has 0 saturated carbocycles. The van der Waals surface area contributed by atoms with Crippen molar-refractivity contribution in [2.24, 2.45) is 0 Å². The summed E-state index contributed by atoms with van der Waals surface area (Å²) < 4.78 is 28.0. The van der Waals surface area contributed by atoms with Gasteiger partial charge in [-0.3, -0.25) is 14.4 Å². The van der Waals surface area contributed by atoms with Gasteiger partial charge in [-0.15, -0.1) is 5.10 Å². The van der Waals surface area contributed by atoms with Crippen LogP contribution in [0, 0.1) is 12.2 Å². The lowest BCUT2D eigenvalue weighted by Crippen LogP contribution is -2.45. The maximum atomic E-state index is 13.3. The quantitative estimate of drug-likeness (QED) is 0.0702. The van der Waals surface area contributed by atoms with Crippen LogP contribution in [0.3, 0.4) is 0 Å².